The van der Waals surface area contributed by atoms with Crippen molar-refractivity contribution in [2.75, 3.05) is 13.7 Å². The van der Waals surface area contributed by atoms with E-state index < -0.39 is 11.7 Å². The molecule has 0 aliphatic carbocycles. The summed E-state index contributed by atoms with van der Waals surface area (Å²) in [7, 11) is 1.28. The third-order valence-corrected chi connectivity index (χ3v) is 2.44. The normalized spacial score (nSPS) is 11.6. The molecule has 0 bridgehead atoms. The summed E-state index contributed by atoms with van der Waals surface area (Å²) in [6, 6.07) is 2.00. The molecule has 0 spiro atoms. The van der Waals surface area contributed by atoms with E-state index in [0.29, 0.717) is 25.3 Å². The Morgan fingerprint density at radius 3 is 2.47 bits per heavy atom. The molecule has 1 rings (SSSR count). The molecule has 96 valence electrons. The maximum atomic E-state index is 13.5. The molecule has 1 N–H and O–H groups in total. The van der Waals surface area contributed by atoms with Crippen molar-refractivity contribution >= 4 is 0 Å². The van der Waals surface area contributed by atoms with Crippen LogP contribution in [0.25, 0.3) is 0 Å². The van der Waals surface area contributed by atoms with Gasteiger partial charge < -0.3 is 9.84 Å². The Hall–Kier alpha value is -1.23. The zero-order valence-corrected chi connectivity index (χ0v) is 9.77. The largest absolute Gasteiger partial charge is 0.493 e. The number of hydrogen-bond acceptors (Lipinski definition) is 2. The highest BCUT2D eigenvalue weighted by atomic mass is 19.3. The van der Waals surface area contributed by atoms with Gasteiger partial charge in [-0.05, 0) is 30.5 Å². The topological polar surface area (TPSA) is 29.5 Å². The highest BCUT2D eigenvalue weighted by Crippen LogP contribution is 2.33. The van der Waals surface area contributed by atoms with Crippen LogP contribution in [0.5, 0.6) is 5.75 Å². The lowest BCUT2D eigenvalue weighted by Gasteiger charge is -2.15. The standard InChI is InChI=1S/C12H15F3O2/c1-12(14,15)9-6-8(4-3-5-16)11(17-2)10(13)7-9/h6-7,16H,3-5H2,1-2H3. The fraction of sp³-hybridized carbons (Fsp3) is 0.500. The van der Waals surface area contributed by atoms with Crippen LogP contribution < -0.4 is 4.74 Å². The molecule has 0 heterocycles. The SMILES string of the molecule is COc1c(F)cc(C(C)(F)F)cc1CCCO. The van der Waals surface area contributed by atoms with Crippen LogP contribution in [-0.4, -0.2) is 18.8 Å². The van der Waals surface area contributed by atoms with Crippen LogP contribution in [0.1, 0.15) is 24.5 Å². The molecule has 0 saturated heterocycles. The summed E-state index contributed by atoms with van der Waals surface area (Å²) in [5.41, 5.74) is -0.0400. The van der Waals surface area contributed by atoms with Gasteiger partial charge in [-0.3, -0.25) is 0 Å². The van der Waals surface area contributed by atoms with E-state index in [1.54, 1.807) is 0 Å². The first-order valence-electron chi connectivity index (χ1n) is 5.25. The van der Waals surface area contributed by atoms with Gasteiger partial charge in [0, 0.05) is 19.1 Å². The number of halogens is 3. The Labute approximate surface area is 98.0 Å². The van der Waals surface area contributed by atoms with Crippen LogP contribution in [0.2, 0.25) is 0 Å². The molecule has 0 radical (unpaired) electrons. The Balaban J connectivity index is 3.19. The van der Waals surface area contributed by atoms with Crippen LogP contribution in [-0.2, 0) is 12.3 Å². The van der Waals surface area contributed by atoms with Crippen molar-refractivity contribution in [3.8, 4) is 5.75 Å². The van der Waals surface area contributed by atoms with Gasteiger partial charge in [-0.25, -0.2) is 13.2 Å². The Kier molecular flexibility index (Phi) is 4.40. The number of alkyl halides is 2. The van der Waals surface area contributed by atoms with E-state index in [4.69, 9.17) is 9.84 Å². The first-order valence-corrected chi connectivity index (χ1v) is 5.25. The molecule has 0 amide bonds. The van der Waals surface area contributed by atoms with Crippen molar-refractivity contribution in [2.24, 2.45) is 0 Å². The van der Waals surface area contributed by atoms with Crippen molar-refractivity contribution in [3.63, 3.8) is 0 Å². The second-order valence-electron chi connectivity index (χ2n) is 3.87. The first kappa shape index (κ1) is 13.8. The number of benzene rings is 1. The van der Waals surface area contributed by atoms with E-state index in [-0.39, 0.29) is 17.9 Å². The lowest BCUT2D eigenvalue weighted by Crippen LogP contribution is -2.09. The van der Waals surface area contributed by atoms with Crippen molar-refractivity contribution in [1.82, 2.24) is 0 Å². The van der Waals surface area contributed by atoms with Gasteiger partial charge in [0.1, 0.15) is 0 Å². The smallest absolute Gasteiger partial charge is 0.270 e. The quantitative estimate of drug-likeness (QED) is 0.868. The summed E-state index contributed by atoms with van der Waals surface area (Å²) in [5, 5.41) is 8.71. The summed E-state index contributed by atoms with van der Waals surface area (Å²) in [4.78, 5) is 0. The molecule has 0 aliphatic rings. The van der Waals surface area contributed by atoms with Gasteiger partial charge in [-0.2, -0.15) is 0 Å². The Morgan fingerprint density at radius 2 is 2.00 bits per heavy atom. The van der Waals surface area contributed by atoms with E-state index >= 15 is 0 Å². The molecule has 0 unspecified atom stereocenters. The van der Waals surface area contributed by atoms with Crippen LogP contribution in [0, 0.1) is 5.82 Å². The highest BCUT2D eigenvalue weighted by molar-refractivity contribution is 5.40. The summed E-state index contributed by atoms with van der Waals surface area (Å²) in [5.74, 6) is -3.94. The van der Waals surface area contributed by atoms with Crippen LogP contribution in [0.3, 0.4) is 0 Å². The Bertz CT molecular complexity index is 386. The lowest BCUT2D eigenvalue weighted by atomic mass is 10.0. The summed E-state index contributed by atoms with van der Waals surface area (Å²) in [6.45, 7) is 0.627. The predicted octanol–water partition coefficient (Wildman–Crippen LogP) is 2.87. The van der Waals surface area contributed by atoms with Gasteiger partial charge in [0.25, 0.3) is 5.92 Å². The van der Waals surface area contributed by atoms with Crippen LogP contribution in [0.15, 0.2) is 12.1 Å². The molecular formula is C12H15F3O2. The van der Waals surface area contributed by atoms with Crippen LogP contribution >= 0.6 is 0 Å². The summed E-state index contributed by atoms with van der Waals surface area (Å²) < 4.78 is 44.6. The summed E-state index contributed by atoms with van der Waals surface area (Å²) in [6.07, 6.45) is 0.662. The number of methoxy groups -OCH3 is 1. The average Bonchev–Trinajstić information content (AvgIpc) is 2.24. The molecule has 2 nitrogen and oxygen atoms in total. The fourth-order valence-corrected chi connectivity index (χ4v) is 1.59. The third-order valence-electron chi connectivity index (χ3n) is 2.44. The van der Waals surface area contributed by atoms with E-state index in [9.17, 15) is 13.2 Å². The number of rotatable bonds is 5. The molecule has 5 heteroatoms. The van der Waals surface area contributed by atoms with Crippen molar-refractivity contribution < 1.29 is 23.0 Å². The molecule has 0 saturated carbocycles. The van der Waals surface area contributed by atoms with Gasteiger partial charge in [-0.15, -0.1) is 0 Å². The third kappa shape index (κ3) is 3.36. The number of aryl methyl sites for hydroxylation is 1. The number of ether oxygens (including phenoxy) is 1. The second kappa shape index (κ2) is 5.40. The van der Waals surface area contributed by atoms with Gasteiger partial charge in [0.05, 0.1) is 7.11 Å². The minimum atomic E-state index is -3.10. The summed E-state index contributed by atoms with van der Waals surface area (Å²) >= 11 is 0. The molecule has 0 aromatic heterocycles. The first-order chi connectivity index (χ1) is 7.90. The van der Waals surface area contributed by atoms with Gasteiger partial charge in [-0.1, -0.05) is 0 Å². The van der Waals surface area contributed by atoms with Crippen molar-refractivity contribution in [2.45, 2.75) is 25.7 Å². The van der Waals surface area contributed by atoms with Crippen molar-refractivity contribution in [3.05, 3.63) is 29.1 Å². The number of aliphatic hydroxyl groups is 1. The fourth-order valence-electron chi connectivity index (χ4n) is 1.59. The van der Waals surface area contributed by atoms with E-state index in [0.717, 1.165) is 6.07 Å². The molecular weight excluding hydrogens is 233 g/mol. The zero-order valence-electron chi connectivity index (χ0n) is 9.77. The maximum absolute atomic E-state index is 13.5. The van der Waals surface area contributed by atoms with E-state index in [1.165, 1.54) is 13.2 Å². The van der Waals surface area contributed by atoms with Gasteiger partial charge >= 0.3 is 0 Å². The molecule has 0 aliphatic heterocycles. The monoisotopic (exact) mass is 248 g/mol. The number of aliphatic hydroxyl groups excluding tert-OH is 1. The Morgan fingerprint density at radius 1 is 1.35 bits per heavy atom. The zero-order chi connectivity index (χ0) is 13.1. The molecule has 0 atom stereocenters. The molecule has 0 fully saturated rings. The molecule has 17 heavy (non-hydrogen) atoms. The average molecular weight is 248 g/mol. The molecule has 1 aromatic rings. The predicted molar refractivity (Wildman–Crippen MR) is 57.9 cm³/mol. The minimum Gasteiger partial charge on any atom is -0.493 e. The van der Waals surface area contributed by atoms with Gasteiger partial charge in [0.2, 0.25) is 0 Å². The highest BCUT2D eigenvalue weighted by Gasteiger charge is 2.27. The van der Waals surface area contributed by atoms with Gasteiger partial charge in [0.15, 0.2) is 11.6 Å². The maximum Gasteiger partial charge on any atom is 0.270 e. The van der Waals surface area contributed by atoms with E-state index in [2.05, 4.69) is 0 Å². The van der Waals surface area contributed by atoms with Crippen LogP contribution in [0.4, 0.5) is 13.2 Å². The second-order valence-corrected chi connectivity index (χ2v) is 3.87. The lowest BCUT2D eigenvalue weighted by molar-refractivity contribution is 0.0170. The number of hydrogen-bond donors (Lipinski definition) is 1. The van der Waals surface area contributed by atoms with Crippen molar-refractivity contribution in [1.29, 1.82) is 0 Å². The van der Waals surface area contributed by atoms with E-state index in [1.807, 2.05) is 0 Å². The molecule has 1 aromatic carbocycles. The minimum absolute atomic E-state index is 0.0357.